The van der Waals surface area contributed by atoms with E-state index in [2.05, 4.69) is 86.4 Å². The van der Waals surface area contributed by atoms with Crippen LogP contribution in [0.4, 0.5) is 11.4 Å². The molecule has 0 fully saturated rings. The normalized spacial score (nSPS) is 11.2. The standard InChI is InChI=1S/C18H26N2P/c1-5-21(6-2,19-17-11-7-15(3)8-12-17)20-18-13-9-16(4)10-14-18/h7-14,19-20H,5-6H2,1-4H3/q+1. The molecule has 0 aliphatic carbocycles. The molecule has 21 heavy (non-hydrogen) atoms. The lowest BCUT2D eigenvalue weighted by atomic mass is 10.2. The zero-order chi connectivity index (χ0) is 15.3. The SMILES string of the molecule is CC[P+](CC)(Nc1ccc(C)cc1)Nc1ccc(C)cc1. The summed E-state index contributed by atoms with van der Waals surface area (Å²) in [4.78, 5) is 0. The van der Waals surface area contributed by atoms with Gasteiger partial charge in [0.05, 0.1) is 23.7 Å². The zero-order valence-corrected chi connectivity index (χ0v) is 14.4. The summed E-state index contributed by atoms with van der Waals surface area (Å²) in [5.74, 6) is 0. The van der Waals surface area contributed by atoms with Crippen LogP contribution in [0.25, 0.3) is 0 Å². The Balaban J connectivity index is 2.19. The topological polar surface area (TPSA) is 24.1 Å². The third-order valence-corrected chi connectivity index (χ3v) is 7.40. The molecule has 0 spiro atoms. The molecule has 0 bridgehead atoms. The molecule has 0 aliphatic heterocycles. The Bertz CT molecular complexity index is 507. The maximum absolute atomic E-state index is 3.78. The van der Waals surface area contributed by atoms with Crippen molar-refractivity contribution in [3.63, 3.8) is 0 Å². The number of anilines is 2. The first-order valence-corrected chi connectivity index (χ1v) is 9.80. The lowest BCUT2D eigenvalue weighted by molar-refractivity contribution is 1.35. The second-order valence-electron chi connectivity index (χ2n) is 5.56. The largest absolute Gasteiger partial charge is 0.240 e. The molecule has 0 saturated heterocycles. The highest BCUT2D eigenvalue weighted by molar-refractivity contribution is 7.78. The van der Waals surface area contributed by atoms with Gasteiger partial charge in [-0.25, -0.2) is 10.2 Å². The molecule has 2 N–H and O–H groups in total. The highest BCUT2D eigenvalue weighted by atomic mass is 31.2. The summed E-state index contributed by atoms with van der Waals surface area (Å²) in [6.45, 7) is 8.77. The van der Waals surface area contributed by atoms with E-state index in [1.54, 1.807) is 0 Å². The summed E-state index contributed by atoms with van der Waals surface area (Å²) in [5.41, 5.74) is 5.00. The molecule has 3 heteroatoms. The molecule has 0 aliphatic rings. The molecule has 0 heterocycles. The summed E-state index contributed by atoms with van der Waals surface area (Å²) in [5, 5.41) is 7.56. The number of aryl methyl sites for hydroxylation is 2. The second-order valence-corrected chi connectivity index (χ2v) is 9.20. The minimum absolute atomic E-state index is 1.12. The van der Waals surface area contributed by atoms with E-state index in [0.29, 0.717) is 0 Å². The molecule has 2 aromatic carbocycles. The third kappa shape index (κ3) is 4.22. The number of benzene rings is 2. The smallest absolute Gasteiger partial charge is 0.189 e. The number of hydrogen-bond acceptors (Lipinski definition) is 2. The maximum atomic E-state index is 3.78. The van der Waals surface area contributed by atoms with Crippen LogP contribution in [-0.2, 0) is 0 Å². The summed E-state index contributed by atoms with van der Waals surface area (Å²) in [6, 6.07) is 17.3. The lowest BCUT2D eigenvalue weighted by Crippen LogP contribution is -2.18. The predicted octanol–water partition coefficient (Wildman–Crippen LogP) is 5.71. The van der Waals surface area contributed by atoms with Gasteiger partial charge in [0.1, 0.15) is 0 Å². The van der Waals surface area contributed by atoms with E-state index in [1.165, 1.54) is 22.5 Å². The van der Waals surface area contributed by atoms with Gasteiger partial charge < -0.3 is 0 Å². The van der Waals surface area contributed by atoms with Gasteiger partial charge in [-0.15, -0.1) is 0 Å². The molecule has 0 unspecified atom stereocenters. The van der Waals surface area contributed by atoms with Crippen molar-refractivity contribution in [1.82, 2.24) is 0 Å². The highest BCUT2D eigenvalue weighted by Crippen LogP contribution is 2.56. The van der Waals surface area contributed by atoms with E-state index in [1.807, 2.05) is 0 Å². The van der Waals surface area contributed by atoms with Crippen LogP contribution in [0, 0.1) is 13.8 Å². The first kappa shape index (κ1) is 15.9. The Labute approximate surface area is 129 Å². The van der Waals surface area contributed by atoms with Crippen molar-refractivity contribution in [1.29, 1.82) is 0 Å². The zero-order valence-electron chi connectivity index (χ0n) is 13.5. The van der Waals surface area contributed by atoms with E-state index < -0.39 is 7.56 Å². The maximum Gasteiger partial charge on any atom is 0.189 e. The van der Waals surface area contributed by atoms with Crippen LogP contribution in [0.1, 0.15) is 25.0 Å². The van der Waals surface area contributed by atoms with Crippen molar-refractivity contribution in [3.05, 3.63) is 59.7 Å². The monoisotopic (exact) mass is 301 g/mol. The van der Waals surface area contributed by atoms with E-state index in [4.69, 9.17) is 0 Å². The van der Waals surface area contributed by atoms with Crippen LogP contribution in [0.5, 0.6) is 0 Å². The van der Waals surface area contributed by atoms with Crippen molar-refractivity contribution in [3.8, 4) is 0 Å². The van der Waals surface area contributed by atoms with E-state index in [-0.39, 0.29) is 0 Å². The first-order chi connectivity index (χ1) is 10.1. The molecule has 0 aromatic heterocycles. The number of nitrogens with one attached hydrogen (secondary N) is 2. The van der Waals surface area contributed by atoms with E-state index in [0.717, 1.165) is 12.3 Å². The van der Waals surface area contributed by atoms with Crippen LogP contribution in [0.2, 0.25) is 0 Å². The molecule has 2 rings (SSSR count). The van der Waals surface area contributed by atoms with E-state index >= 15 is 0 Å². The van der Waals surface area contributed by atoms with Gasteiger partial charge in [-0.2, -0.15) is 0 Å². The summed E-state index contributed by atoms with van der Waals surface area (Å²) in [7, 11) is -1.43. The Morgan fingerprint density at radius 2 is 1.00 bits per heavy atom. The van der Waals surface area contributed by atoms with Crippen molar-refractivity contribution in [2.24, 2.45) is 0 Å². The average Bonchev–Trinajstić information content (AvgIpc) is 2.51. The summed E-state index contributed by atoms with van der Waals surface area (Å²) >= 11 is 0. The Hall–Kier alpha value is -1.53. The van der Waals surface area contributed by atoms with Crippen molar-refractivity contribution >= 4 is 18.9 Å². The van der Waals surface area contributed by atoms with Crippen LogP contribution in [0.15, 0.2) is 48.5 Å². The first-order valence-electron chi connectivity index (χ1n) is 7.64. The molecule has 2 aromatic rings. The average molecular weight is 301 g/mol. The highest BCUT2D eigenvalue weighted by Gasteiger charge is 2.34. The molecule has 0 saturated carbocycles. The fraction of sp³-hybridized carbons (Fsp3) is 0.333. The van der Waals surface area contributed by atoms with Crippen LogP contribution in [-0.4, -0.2) is 12.3 Å². The van der Waals surface area contributed by atoms with Crippen LogP contribution in [0.3, 0.4) is 0 Å². The molecule has 112 valence electrons. The summed E-state index contributed by atoms with van der Waals surface area (Å²) < 4.78 is 0. The minimum atomic E-state index is -1.43. The third-order valence-electron chi connectivity index (χ3n) is 3.87. The molecular weight excluding hydrogens is 275 g/mol. The minimum Gasteiger partial charge on any atom is -0.240 e. The molecule has 0 radical (unpaired) electrons. The van der Waals surface area contributed by atoms with Gasteiger partial charge in [-0.3, -0.25) is 0 Å². The Morgan fingerprint density at radius 3 is 1.29 bits per heavy atom. The summed E-state index contributed by atoms with van der Waals surface area (Å²) in [6.07, 6.45) is 2.23. The number of hydrogen-bond donors (Lipinski definition) is 2. The number of rotatable bonds is 6. The van der Waals surface area contributed by atoms with Gasteiger partial charge in [-0.1, -0.05) is 35.4 Å². The predicted molar refractivity (Wildman–Crippen MR) is 97.6 cm³/mol. The second kappa shape index (κ2) is 6.95. The van der Waals surface area contributed by atoms with Gasteiger partial charge in [0.15, 0.2) is 7.56 Å². The van der Waals surface area contributed by atoms with Gasteiger partial charge in [-0.05, 0) is 52.0 Å². The fourth-order valence-corrected chi connectivity index (χ4v) is 4.74. The Morgan fingerprint density at radius 1 is 0.667 bits per heavy atom. The van der Waals surface area contributed by atoms with Crippen molar-refractivity contribution < 1.29 is 0 Å². The van der Waals surface area contributed by atoms with Gasteiger partial charge >= 0.3 is 0 Å². The van der Waals surface area contributed by atoms with Crippen molar-refractivity contribution in [2.75, 3.05) is 22.5 Å². The van der Waals surface area contributed by atoms with Gasteiger partial charge in [0.25, 0.3) is 0 Å². The molecule has 2 nitrogen and oxygen atoms in total. The fourth-order valence-electron chi connectivity index (χ4n) is 2.32. The van der Waals surface area contributed by atoms with Crippen LogP contribution >= 0.6 is 7.56 Å². The van der Waals surface area contributed by atoms with E-state index in [9.17, 15) is 0 Å². The molecule has 0 atom stereocenters. The quantitative estimate of drug-likeness (QED) is 0.667. The van der Waals surface area contributed by atoms with Crippen molar-refractivity contribution in [2.45, 2.75) is 27.7 Å². The lowest BCUT2D eigenvalue weighted by Gasteiger charge is -2.27. The van der Waals surface area contributed by atoms with Crippen LogP contribution < -0.4 is 10.2 Å². The molecule has 0 amide bonds. The Kier molecular flexibility index (Phi) is 5.25. The van der Waals surface area contributed by atoms with Gasteiger partial charge in [0, 0.05) is 0 Å². The molecular formula is C18H26N2P+. The van der Waals surface area contributed by atoms with Gasteiger partial charge in [0.2, 0.25) is 0 Å².